The van der Waals surface area contributed by atoms with E-state index in [1.54, 1.807) is 0 Å². The molecule has 2 rings (SSSR count). The average Bonchev–Trinajstić information content (AvgIpc) is 2.31. The third kappa shape index (κ3) is 1.89. The second-order valence-corrected chi connectivity index (χ2v) is 4.08. The molecule has 0 atom stereocenters. The van der Waals surface area contributed by atoms with Crippen molar-refractivity contribution < 1.29 is 9.63 Å². The number of aromatic nitrogens is 1. The lowest BCUT2D eigenvalue weighted by Crippen LogP contribution is -2.59. The number of nitrogens with zero attached hydrogens (tertiary/aromatic N) is 2. The second kappa shape index (κ2) is 2.82. The Morgan fingerprint density at radius 1 is 1.69 bits per heavy atom. The third-order valence-corrected chi connectivity index (χ3v) is 2.18. The summed E-state index contributed by atoms with van der Waals surface area (Å²) in [6, 6.07) is 1.92. The van der Waals surface area contributed by atoms with Gasteiger partial charge in [-0.1, -0.05) is 5.16 Å². The molecular weight excluding hydrogens is 168 g/mol. The van der Waals surface area contributed by atoms with Gasteiger partial charge in [-0.25, -0.2) is 0 Å². The van der Waals surface area contributed by atoms with Crippen LogP contribution in [0.1, 0.15) is 18.4 Å². The van der Waals surface area contributed by atoms with Crippen LogP contribution in [-0.2, 0) is 6.54 Å². The Hall–Kier alpha value is -0.870. The topological polar surface area (TPSA) is 49.5 Å². The van der Waals surface area contributed by atoms with E-state index in [2.05, 4.69) is 10.1 Å². The van der Waals surface area contributed by atoms with Crippen LogP contribution in [0.15, 0.2) is 10.6 Å². The van der Waals surface area contributed by atoms with Crippen LogP contribution in [0.3, 0.4) is 0 Å². The standard InChI is InChI=1S/C9H14N2O2/c1-7-3-8(13-10-7)4-11-5-9(2,12)6-11/h3,12H,4-6H2,1-2H3. The van der Waals surface area contributed by atoms with Gasteiger partial charge in [0.15, 0.2) is 5.76 Å². The predicted molar refractivity (Wildman–Crippen MR) is 47.1 cm³/mol. The minimum Gasteiger partial charge on any atom is -0.388 e. The first kappa shape index (κ1) is 8.72. The van der Waals surface area contributed by atoms with Crippen LogP contribution in [0.2, 0.25) is 0 Å². The summed E-state index contributed by atoms with van der Waals surface area (Å²) in [5.74, 6) is 0.869. The van der Waals surface area contributed by atoms with Crippen molar-refractivity contribution in [2.45, 2.75) is 26.0 Å². The van der Waals surface area contributed by atoms with Gasteiger partial charge in [-0.3, -0.25) is 4.90 Å². The van der Waals surface area contributed by atoms with Crippen LogP contribution in [-0.4, -0.2) is 33.9 Å². The van der Waals surface area contributed by atoms with E-state index in [1.165, 1.54) is 0 Å². The summed E-state index contributed by atoms with van der Waals surface area (Å²) in [5, 5.41) is 13.3. The van der Waals surface area contributed by atoms with E-state index in [0.717, 1.165) is 18.0 Å². The smallest absolute Gasteiger partial charge is 0.150 e. The first-order valence-corrected chi connectivity index (χ1v) is 4.42. The molecule has 72 valence electrons. The Morgan fingerprint density at radius 2 is 2.38 bits per heavy atom. The maximum atomic E-state index is 9.48. The van der Waals surface area contributed by atoms with Crippen molar-refractivity contribution in [3.63, 3.8) is 0 Å². The molecule has 1 aromatic rings. The molecule has 1 fully saturated rings. The van der Waals surface area contributed by atoms with Gasteiger partial charge in [0, 0.05) is 19.2 Å². The van der Waals surface area contributed by atoms with E-state index in [0.29, 0.717) is 13.1 Å². The van der Waals surface area contributed by atoms with Crippen molar-refractivity contribution in [2.24, 2.45) is 0 Å². The summed E-state index contributed by atoms with van der Waals surface area (Å²) in [7, 11) is 0. The summed E-state index contributed by atoms with van der Waals surface area (Å²) in [6.45, 7) is 5.92. The lowest BCUT2D eigenvalue weighted by molar-refractivity contribution is -0.0895. The number of hydrogen-bond acceptors (Lipinski definition) is 4. The van der Waals surface area contributed by atoms with Gasteiger partial charge < -0.3 is 9.63 Å². The number of rotatable bonds is 2. The number of aryl methyl sites for hydroxylation is 1. The van der Waals surface area contributed by atoms with Crippen molar-refractivity contribution in [1.82, 2.24) is 10.1 Å². The molecular formula is C9H14N2O2. The zero-order valence-corrected chi connectivity index (χ0v) is 7.95. The van der Waals surface area contributed by atoms with E-state index in [9.17, 15) is 5.11 Å². The van der Waals surface area contributed by atoms with Crippen LogP contribution in [0.5, 0.6) is 0 Å². The number of likely N-dealkylation sites (tertiary alicyclic amines) is 1. The van der Waals surface area contributed by atoms with Crippen LogP contribution in [0.4, 0.5) is 0 Å². The first-order chi connectivity index (χ1) is 6.05. The highest BCUT2D eigenvalue weighted by Crippen LogP contribution is 2.21. The summed E-state index contributed by atoms with van der Waals surface area (Å²) in [5.41, 5.74) is 0.400. The SMILES string of the molecule is Cc1cc(CN2CC(C)(O)C2)on1. The third-order valence-electron chi connectivity index (χ3n) is 2.18. The van der Waals surface area contributed by atoms with E-state index in [-0.39, 0.29) is 0 Å². The van der Waals surface area contributed by atoms with Gasteiger partial charge in [0.2, 0.25) is 0 Å². The van der Waals surface area contributed by atoms with Gasteiger partial charge in [-0.05, 0) is 13.8 Å². The van der Waals surface area contributed by atoms with Gasteiger partial charge in [0.1, 0.15) is 0 Å². The van der Waals surface area contributed by atoms with Crippen molar-refractivity contribution in [3.8, 4) is 0 Å². The summed E-state index contributed by atoms with van der Waals surface area (Å²) in [6.07, 6.45) is 0. The van der Waals surface area contributed by atoms with E-state index in [1.807, 2.05) is 19.9 Å². The zero-order chi connectivity index (χ0) is 9.47. The Balaban J connectivity index is 1.87. The van der Waals surface area contributed by atoms with Crippen molar-refractivity contribution in [3.05, 3.63) is 17.5 Å². The Labute approximate surface area is 77.1 Å². The fraction of sp³-hybridized carbons (Fsp3) is 0.667. The molecule has 1 N–H and O–H groups in total. The molecule has 1 saturated heterocycles. The van der Waals surface area contributed by atoms with Crippen LogP contribution >= 0.6 is 0 Å². The van der Waals surface area contributed by atoms with Crippen molar-refractivity contribution in [1.29, 1.82) is 0 Å². The van der Waals surface area contributed by atoms with Gasteiger partial charge in [0.25, 0.3) is 0 Å². The molecule has 0 radical (unpaired) electrons. The molecule has 0 aliphatic carbocycles. The Morgan fingerprint density at radius 3 is 2.85 bits per heavy atom. The fourth-order valence-corrected chi connectivity index (χ4v) is 1.74. The molecule has 13 heavy (non-hydrogen) atoms. The molecule has 4 nitrogen and oxygen atoms in total. The molecule has 1 aliphatic rings. The summed E-state index contributed by atoms with van der Waals surface area (Å²) < 4.78 is 5.07. The van der Waals surface area contributed by atoms with E-state index in [4.69, 9.17) is 4.52 Å². The minimum atomic E-state index is -0.505. The van der Waals surface area contributed by atoms with E-state index >= 15 is 0 Å². The summed E-state index contributed by atoms with van der Waals surface area (Å²) in [4.78, 5) is 2.12. The quantitative estimate of drug-likeness (QED) is 0.725. The van der Waals surface area contributed by atoms with Gasteiger partial charge in [0.05, 0.1) is 17.8 Å². The molecule has 1 aliphatic heterocycles. The highest BCUT2D eigenvalue weighted by molar-refractivity contribution is 5.04. The molecule has 2 heterocycles. The molecule has 0 saturated carbocycles. The fourth-order valence-electron chi connectivity index (χ4n) is 1.74. The molecule has 0 bridgehead atoms. The number of β-amino-alcohol motifs (C(OH)–C–C–N with tert-alkyl or cyclic N) is 1. The van der Waals surface area contributed by atoms with E-state index < -0.39 is 5.60 Å². The molecule has 0 unspecified atom stereocenters. The largest absolute Gasteiger partial charge is 0.388 e. The number of aliphatic hydroxyl groups is 1. The number of hydrogen-bond donors (Lipinski definition) is 1. The molecule has 4 heteroatoms. The molecule has 0 aromatic carbocycles. The summed E-state index contributed by atoms with van der Waals surface area (Å²) >= 11 is 0. The average molecular weight is 182 g/mol. The van der Waals surface area contributed by atoms with Crippen LogP contribution in [0, 0.1) is 6.92 Å². The Bertz CT molecular complexity index is 298. The molecule has 0 amide bonds. The van der Waals surface area contributed by atoms with Gasteiger partial charge >= 0.3 is 0 Å². The second-order valence-electron chi connectivity index (χ2n) is 4.08. The van der Waals surface area contributed by atoms with Crippen LogP contribution in [0.25, 0.3) is 0 Å². The lowest BCUT2D eigenvalue weighted by Gasteiger charge is -2.43. The van der Waals surface area contributed by atoms with Crippen molar-refractivity contribution in [2.75, 3.05) is 13.1 Å². The van der Waals surface area contributed by atoms with Gasteiger partial charge in [-0.15, -0.1) is 0 Å². The zero-order valence-electron chi connectivity index (χ0n) is 7.95. The minimum absolute atomic E-state index is 0.505. The normalized spacial score (nSPS) is 21.5. The lowest BCUT2D eigenvalue weighted by atomic mass is 9.97. The first-order valence-electron chi connectivity index (χ1n) is 4.42. The molecule has 0 spiro atoms. The van der Waals surface area contributed by atoms with Crippen LogP contribution < -0.4 is 0 Å². The maximum absolute atomic E-state index is 9.48. The predicted octanol–water partition coefficient (Wildman–Crippen LogP) is 0.550. The monoisotopic (exact) mass is 182 g/mol. The molecule has 1 aromatic heterocycles. The highest BCUT2D eigenvalue weighted by atomic mass is 16.5. The maximum Gasteiger partial charge on any atom is 0.150 e. The van der Waals surface area contributed by atoms with Gasteiger partial charge in [-0.2, -0.15) is 0 Å². The Kier molecular flexibility index (Phi) is 1.89. The van der Waals surface area contributed by atoms with Crippen molar-refractivity contribution >= 4 is 0 Å². The highest BCUT2D eigenvalue weighted by Gasteiger charge is 2.36.